The summed E-state index contributed by atoms with van der Waals surface area (Å²) in [7, 11) is 0. The van der Waals surface area contributed by atoms with Gasteiger partial charge in [0.15, 0.2) is 0 Å². The summed E-state index contributed by atoms with van der Waals surface area (Å²) >= 11 is 0. The minimum absolute atomic E-state index is 0.612. The van der Waals surface area contributed by atoms with Crippen molar-refractivity contribution in [3.63, 3.8) is 0 Å². The Balaban J connectivity index is 2.58. The van der Waals surface area contributed by atoms with Crippen molar-refractivity contribution in [2.24, 2.45) is 0 Å². The maximum absolute atomic E-state index is 11.7. The second-order valence-corrected chi connectivity index (χ2v) is 4.29. The first-order valence-electron chi connectivity index (χ1n) is 5.55. The first-order chi connectivity index (χ1) is 8.55. The molecule has 1 unspecified atom stereocenters. The fourth-order valence-electron chi connectivity index (χ4n) is 1.92. The maximum Gasteiger partial charge on any atom is 0.318 e. The van der Waals surface area contributed by atoms with Gasteiger partial charge in [0.1, 0.15) is 5.41 Å². The Bertz CT molecular complexity index is 552. The van der Waals surface area contributed by atoms with Crippen LogP contribution in [-0.4, -0.2) is 16.1 Å². The van der Waals surface area contributed by atoms with E-state index in [0.29, 0.717) is 16.8 Å². The van der Waals surface area contributed by atoms with E-state index in [-0.39, 0.29) is 0 Å². The Morgan fingerprint density at radius 2 is 1.61 bits per heavy atom. The third-order valence-corrected chi connectivity index (χ3v) is 3.17. The molecule has 0 saturated carbocycles. The third kappa shape index (κ3) is 1.93. The number of hydrogen-bond donors (Lipinski definition) is 2. The molecule has 0 aliphatic heterocycles. The van der Waals surface area contributed by atoms with Crippen LogP contribution in [0.3, 0.4) is 0 Å². The van der Waals surface area contributed by atoms with Crippen LogP contribution >= 0.6 is 0 Å². The number of rotatable bonds is 3. The summed E-state index contributed by atoms with van der Waals surface area (Å²) in [4.78, 5) is 15.6. The molecule has 0 fully saturated rings. The zero-order valence-electron chi connectivity index (χ0n) is 10.00. The summed E-state index contributed by atoms with van der Waals surface area (Å²) in [5.41, 5.74) is 6.52. The van der Waals surface area contributed by atoms with Crippen LogP contribution in [0.5, 0.6) is 0 Å². The van der Waals surface area contributed by atoms with Crippen LogP contribution in [0.15, 0.2) is 48.8 Å². The smallest absolute Gasteiger partial charge is 0.318 e. The number of aliphatic carboxylic acids is 1. The molecule has 4 nitrogen and oxygen atoms in total. The normalized spacial score (nSPS) is 13.8. The van der Waals surface area contributed by atoms with Gasteiger partial charge in [-0.15, -0.1) is 0 Å². The van der Waals surface area contributed by atoms with Crippen molar-refractivity contribution in [1.82, 2.24) is 4.98 Å². The van der Waals surface area contributed by atoms with Crippen molar-refractivity contribution in [2.45, 2.75) is 12.3 Å². The molecule has 0 bridgehead atoms. The summed E-state index contributed by atoms with van der Waals surface area (Å²) < 4.78 is 0. The number of carbonyl (C=O) groups is 1. The summed E-state index contributed by atoms with van der Waals surface area (Å²) in [6, 6.07) is 10.3. The molecule has 0 amide bonds. The van der Waals surface area contributed by atoms with Gasteiger partial charge in [0.05, 0.1) is 0 Å². The Morgan fingerprint density at radius 3 is 2.11 bits per heavy atom. The second kappa shape index (κ2) is 4.49. The fraction of sp³-hybridized carbons (Fsp3) is 0.143. The number of pyridine rings is 1. The van der Waals surface area contributed by atoms with E-state index in [0.717, 1.165) is 0 Å². The highest BCUT2D eigenvalue weighted by molar-refractivity contribution is 5.85. The number of nitrogens with two attached hydrogens (primary N) is 1. The summed E-state index contributed by atoms with van der Waals surface area (Å²) in [5.74, 6) is -0.904. The van der Waals surface area contributed by atoms with Crippen molar-refractivity contribution < 1.29 is 9.90 Å². The number of hydrogen-bond acceptors (Lipinski definition) is 3. The molecule has 2 aromatic rings. The van der Waals surface area contributed by atoms with Gasteiger partial charge >= 0.3 is 5.97 Å². The Labute approximate surface area is 105 Å². The monoisotopic (exact) mass is 242 g/mol. The molecule has 0 radical (unpaired) electrons. The lowest BCUT2D eigenvalue weighted by Crippen LogP contribution is -2.33. The van der Waals surface area contributed by atoms with Crippen LogP contribution in [0.25, 0.3) is 0 Å². The van der Waals surface area contributed by atoms with Crippen LogP contribution in [0.1, 0.15) is 18.1 Å². The quantitative estimate of drug-likeness (QED) is 0.808. The number of nitrogens with zero attached hydrogens (tertiary/aromatic N) is 1. The van der Waals surface area contributed by atoms with E-state index in [1.807, 2.05) is 0 Å². The minimum atomic E-state index is -1.10. The number of aromatic nitrogens is 1. The van der Waals surface area contributed by atoms with Gasteiger partial charge in [-0.2, -0.15) is 0 Å². The highest BCUT2D eigenvalue weighted by atomic mass is 16.4. The summed E-state index contributed by atoms with van der Waals surface area (Å²) in [6.07, 6.45) is 3.18. The van der Waals surface area contributed by atoms with Gasteiger partial charge in [0, 0.05) is 18.1 Å². The molecule has 1 atom stereocenters. The van der Waals surface area contributed by atoms with Gasteiger partial charge in [-0.3, -0.25) is 9.78 Å². The van der Waals surface area contributed by atoms with Crippen molar-refractivity contribution >= 4 is 11.7 Å². The van der Waals surface area contributed by atoms with Crippen LogP contribution in [-0.2, 0) is 10.2 Å². The SMILES string of the molecule is CC(C(=O)O)(c1ccncc1)c1ccc(N)cc1. The molecule has 2 rings (SSSR count). The van der Waals surface area contributed by atoms with E-state index in [1.165, 1.54) is 0 Å². The number of benzene rings is 1. The Kier molecular flexibility index (Phi) is 3.02. The lowest BCUT2D eigenvalue weighted by molar-refractivity contribution is -0.141. The summed E-state index contributed by atoms with van der Waals surface area (Å²) in [6.45, 7) is 1.68. The molecule has 18 heavy (non-hydrogen) atoms. The highest BCUT2D eigenvalue weighted by Gasteiger charge is 2.37. The van der Waals surface area contributed by atoms with E-state index in [9.17, 15) is 9.90 Å². The second-order valence-electron chi connectivity index (χ2n) is 4.29. The number of carboxylic acid groups (broad SMARTS) is 1. The third-order valence-electron chi connectivity index (χ3n) is 3.17. The fourth-order valence-corrected chi connectivity index (χ4v) is 1.92. The molecule has 92 valence electrons. The van der Waals surface area contributed by atoms with Gasteiger partial charge in [-0.1, -0.05) is 12.1 Å². The molecule has 1 heterocycles. The maximum atomic E-state index is 11.7. The molecular weight excluding hydrogens is 228 g/mol. The standard InChI is InChI=1S/C14H14N2O2/c1-14(13(17)18,11-6-8-16-9-7-11)10-2-4-12(15)5-3-10/h2-9H,15H2,1H3,(H,17,18). The molecule has 0 spiro atoms. The van der Waals surface area contributed by atoms with Gasteiger partial charge in [-0.25, -0.2) is 0 Å². The van der Waals surface area contributed by atoms with Gasteiger partial charge in [0.2, 0.25) is 0 Å². The molecule has 0 aliphatic rings. The predicted octanol–water partition coefficient (Wildman–Crippen LogP) is 2.05. The zero-order valence-corrected chi connectivity index (χ0v) is 10.00. The molecule has 1 aromatic carbocycles. The van der Waals surface area contributed by atoms with E-state index in [2.05, 4.69) is 4.98 Å². The highest BCUT2D eigenvalue weighted by Crippen LogP contribution is 2.32. The molecule has 0 saturated heterocycles. The minimum Gasteiger partial charge on any atom is -0.480 e. The number of carboxylic acids is 1. The number of anilines is 1. The van der Waals surface area contributed by atoms with E-state index >= 15 is 0 Å². The van der Waals surface area contributed by atoms with Crippen molar-refractivity contribution in [3.8, 4) is 0 Å². The van der Waals surface area contributed by atoms with E-state index in [4.69, 9.17) is 5.73 Å². The molecular formula is C14H14N2O2. The van der Waals surface area contributed by atoms with E-state index in [1.54, 1.807) is 55.7 Å². The van der Waals surface area contributed by atoms with Crippen LogP contribution < -0.4 is 5.73 Å². The zero-order chi connectivity index (χ0) is 13.2. The topological polar surface area (TPSA) is 76.2 Å². The van der Waals surface area contributed by atoms with Crippen LogP contribution in [0.2, 0.25) is 0 Å². The summed E-state index contributed by atoms with van der Waals surface area (Å²) in [5, 5.41) is 9.56. The van der Waals surface area contributed by atoms with Crippen LogP contribution in [0.4, 0.5) is 5.69 Å². The van der Waals surface area contributed by atoms with E-state index < -0.39 is 11.4 Å². The average Bonchev–Trinajstić information content (AvgIpc) is 2.39. The van der Waals surface area contributed by atoms with Crippen molar-refractivity contribution in [2.75, 3.05) is 5.73 Å². The molecule has 4 heteroatoms. The largest absolute Gasteiger partial charge is 0.480 e. The molecule has 0 aliphatic carbocycles. The Hall–Kier alpha value is -2.36. The lowest BCUT2D eigenvalue weighted by Gasteiger charge is -2.25. The molecule has 1 aromatic heterocycles. The Morgan fingerprint density at radius 1 is 1.11 bits per heavy atom. The first-order valence-corrected chi connectivity index (χ1v) is 5.55. The molecule has 3 N–H and O–H groups in total. The van der Waals surface area contributed by atoms with Gasteiger partial charge < -0.3 is 10.8 Å². The van der Waals surface area contributed by atoms with Gasteiger partial charge in [-0.05, 0) is 42.3 Å². The van der Waals surface area contributed by atoms with Crippen molar-refractivity contribution in [1.29, 1.82) is 0 Å². The van der Waals surface area contributed by atoms with Gasteiger partial charge in [0.25, 0.3) is 0 Å². The van der Waals surface area contributed by atoms with Crippen LogP contribution in [0, 0.1) is 0 Å². The lowest BCUT2D eigenvalue weighted by atomic mass is 9.76. The average molecular weight is 242 g/mol. The number of nitrogen functional groups attached to an aromatic ring is 1. The van der Waals surface area contributed by atoms with Crippen molar-refractivity contribution in [3.05, 3.63) is 59.9 Å². The predicted molar refractivity (Wildman–Crippen MR) is 69.2 cm³/mol. The first kappa shape index (κ1) is 12.1.